The lowest BCUT2D eigenvalue weighted by Gasteiger charge is -2.29. The van der Waals surface area contributed by atoms with Crippen molar-refractivity contribution in [1.29, 1.82) is 0 Å². The molecule has 30 heavy (non-hydrogen) atoms. The van der Waals surface area contributed by atoms with Gasteiger partial charge in [-0.15, -0.1) is 0 Å². The SMILES string of the molecule is Cc1ccc2c(c1)-c1cc(C)nn1C(c1cc(C)n(-c3cc(Cl)cc(Cl)c3)c1C)N2. The maximum Gasteiger partial charge on any atom is 0.149 e. The van der Waals surface area contributed by atoms with Crippen LogP contribution in [0.4, 0.5) is 5.69 Å². The minimum atomic E-state index is -0.0986. The number of hydrogen-bond acceptors (Lipinski definition) is 2. The number of benzene rings is 2. The highest BCUT2D eigenvalue weighted by Gasteiger charge is 2.29. The number of anilines is 1. The predicted octanol–water partition coefficient (Wildman–Crippen LogP) is 6.85. The van der Waals surface area contributed by atoms with Gasteiger partial charge in [0.25, 0.3) is 0 Å². The summed E-state index contributed by atoms with van der Waals surface area (Å²) in [5.41, 5.74) is 10.0. The summed E-state index contributed by atoms with van der Waals surface area (Å²) in [7, 11) is 0. The second kappa shape index (κ2) is 6.93. The summed E-state index contributed by atoms with van der Waals surface area (Å²) in [4.78, 5) is 0. The van der Waals surface area contributed by atoms with E-state index < -0.39 is 0 Å². The molecule has 1 aliphatic rings. The van der Waals surface area contributed by atoms with Crippen molar-refractivity contribution in [2.75, 3.05) is 5.32 Å². The quantitative estimate of drug-likeness (QED) is 0.372. The Bertz CT molecular complexity index is 1280. The number of halogens is 2. The van der Waals surface area contributed by atoms with Gasteiger partial charge < -0.3 is 9.88 Å². The third-order valence-corrected chi connectivity index (χ3v) is 6.15. The molecule has 0 aliphatic carbocycles. The van der Waals surface area contributed by atoms with Crippen LogP contribution in [0.5, 0.6) is 0 Å². The summed E-state index contributed by atoms with van der Waals surface area (Å²) >= 11 is 12.5. The topological polar surface area (TPSA) is 34.8 Å². The van der Waals surface area contributed by atoms with E-state index in [1.807, 2.05) is 19.1 Å². The van der Waals surface area contributed by atoms with Crippen LogP contribution in [0.3, 0.4) is 0 Å². The van der Waals surface area contributed by atoms with Gasteiger partial charge in [0.15, 0.2) is 0 Å². The molecule has 1 unspecified atom stereocenters. The molecule has 0 spiro atoms. The first kappa shape index (κ1) is 19.3. The van der Waals surface area contributed by atoms with Gasteiger partial charge in [0.1, 0.15) is 6.17 Å². The molecule has 1 atom stereocenters. The van der Waals surface area contributed by atoms with Crippen molar-refractivity contribution in [3.63, 3.8) is 0 Å². The fourth-order valence-electron chi connectivity index (χ4n) is 4.46. The lowest BCUT2D eigenvalue weighted by Crippen LogP contribution is -2.26. The van der Waals surface area contributed by atoms with Gasteiger partial charge in [-0.1, -0.05) is 34.8 Å². The Labute approximate surface area is 186 Å². The molecule has 1 N–H and O–H groups in total. The van der Waals surface area contributed by atoms with Crippen LogP contribution in [0.15, 0.2) is 48.5 Å². The summed E-state index contributed by atoms with van der Waals surface area (Å²) in [6, 6.07) is 16.5. The maximum absolute atomic E-state index is 6.27. The maximum atomic E-state index is 6.27. The highest BCUT2D eigenvalue weighted by molar-refractivity contribution is 6.34. The Morgan fingerprint density at radius 1 is 0.900 bits per heavy atom. The van der Waals surface area contributed by atoms with Crippen LogP contribution in [-0.2, 0) is 0 Å². The number of nitrogens with one attached hydrogen (secondary N) is 1. The lowest BCUT2D eigenvalue weighted by molar-refractivity contribution is 0.568. The van der Waals surface area contributed by atoms with Gasteiger partial charge in [-0.2, -0.15) is 5.10 Å². The second-order valence-corrected chi connectivity index (χ2v) is 8.87. The summed E-state index contributed by atoms with van der Waals surface area (Å²) in [5.74, 6) is 0. The van der Waals surface area contributed by atoms with E-state index in [4.69, 9.17) is 28.3 Å². The van der Waals surface area contributed by atoms with Crippen LogP contribution in [0.1, 0.15) is 34.4 Å². The van der Waals surface area contributed by atoms with E-state index in [1.165, 1.54) is 16.7 Å². The van der Waals surface area contributed by atoms with Gasteiger partial charge in [-0.25, -0.2) is 4.68 Å². The molecule has 0 saturated carbocycles. The van der Waals surface area contributed by atoms with E-state index in [2.05, 4.69) is 65.7 Å². The van der Waals surface area contributed by atoms with Crippen LogP contribution >= 0.6 is 23.2 Å². The van der Waals surface area contributed by atoms with E-state index in [1.54, 1.807) is 6.07 Å². The normalized spacial score (nSPS) is 14.9. The number of rotatable bonds is 2. The van der Waals surface area contributed by atoms with E-state index in [0.717, 1.165) is 34.2 Å². The van der Waals surface area contributed by atoms with Crippen LogP contribution in [0, 0.1) is 27.7 Å². The molecular weight excluding hydrogens is 415 g/mol. The summed E-state index contributed by atoms with van der Waals surface area (Å²) in [6.45, 7) is 8.37. The van der Waals surface area contributed by atoms with Gasteiger partial charge >= 0.3 is 0 Å². The van der Waals surface area contributed by atoms with Crippen molar-refractivity contribution in [1.82, 2.24) is 14.3 Å². The average Bonchev–Trinajstić information content (AvgIpc) is 3.20. The van der Waals surface area contributed by atoms with Gasteiger partial charge in [0.2, 0.25) is 0 Å². The molecule has 4 aromatic rings. The molecule has 0 saturated heterocycles. The highest BCUT2D eigenvalue weighted by atomic mass is 35.5. The molecule has 1 aliphatic heterocycles. The number of aryl methyl sites for hydroxylation is 3. The molecular formula is C24H22Cl2N4. The molecule has 2 aromatic carbocycles. The molecule has 3 heterocycles. The Morgan fingerprint density at radius 3 is 2.37 bits per heavy atom. The summed E-state index contributed by atoms with van der Waals surface area (Å²) in [5, 5.41) is 9.77. The van der Waals surface area contributed by atoms with Crippen LogP contribution in [-0.4, -0.2) is 14.3 Å². The zero-order valence-electron chi connectivity index (χ0n) is 17.3. The van der Waals surface area contributed by atoms with E-state index >= 15 is 0 Å². The summed E-state index contributed by atoms with van der Waals surface area (Å²) in [6.07, 6.45) is -0.0986. The molecule has 0 bridgehead atoms. The molecule has 5 rings (SSSR count). The van der Waals surface area contributed by atoms with E-state index in [0.29, 0.717) is 10.0 Å². The molecule has 2 aromatic heterocycles. The van der Waals surface area contributed by atoms with Crippen molar-refractivity contribution < 1.29 is 0 Å². The first-order valence-corrected chi connectivity index (χ1v) is 10.7. The zero-order chi connectivity index (χ0) is 21.2. The van der Waals surface area contributed by atoms with Crippen molar-refractivity contribution in [3.05, 3.63) is 86.8 Å². The Balaban J connectivity index is 1.68. The first-order chi connectivity index (χ1) is 14.3. The fraction of sp³-hybridized carbons (Fsp3) is 0.208. The fourth-order valence-corrected chi connectivity index (χ4v) is 4.97. The van der Waals surface area contributed by atoms with Crippen LogP contribution in [0.25, 0.3) is 16.9 Å². The van der Waals surface area contributed by atoms with Crippen molar-refractivity contribution in [2.24, 2.45) is 0 Å². The monoisotopic (exact) mass is 436 g/mol. The zero-order valence-corrected chi connectivity index (χ0v) is 18.8. The van der Waals surface area contributed by atoms with E-state index in [-0.39, 0.29) is 6.17 Å². The second-order valence-electron chi connectivity index (χ2n) is 8.00. The highest BCUT2D eigenvalue weighted by Crippen LogP contribution is 2.40. The molecule has 0 radical (unpaired) electrons. The number of nitrogens with zero attached hydrogens (tertiary/aromatic N) is 3. The third-order valence-electron chi connectivity index (χ3n) is 5.72. The van der Waals surface area contributed by atoms with E-state index in [9.17, 15) is 0 Å². The molecule has 6 heteroatoms. The largest absolute Gasteiger partial charge is 0.359 e. The first-order valence-electron chi connectivity index (χ1n) is 9.91. The van der Waals surface area contributed by atoms with Crippen LogP contribution in [0.2, 0.25) is 10.0 Å². The predicted molar refractivity (Wildman–Crippen MR) is 124 cm³/mol. The van der Waals surface area contributed by atoms with Crippen molar-refractivity contribution in [2.45, 2.75) is 33.9 Å². The minimum absolute atomic E-state index is 0.0986. The number of hydrogen-bond donors (Lipinski definition) is 1. The molecule has 0 amide bonds. The Morgan fingerprint density at radius 2 is 1.63 bits per heavy atom. The minimum Gasteiger partial charge on any atom is -0.359 e. The van der Waals surface area contributed by atoms with Gasteiger partial charge in [-0.3, -0.25) is 0 Å². The van der Waals surface area contributed by atoms with Gasteiger partial charge in [-0.05, 0) is 70.2 Å². The molecule has 4 nitrogen and oxygen atoms in total. The number of aromatic nitrogens is 3. The lowest BCUT2D eigenvalue weighted by atomic mass is 10.0. The van der Waals surface area contributed by atoms with Crippen molar-refractivity contribution >= 4 is 28.9 Å². The average molecular weight is 437 g/mol. The van der Waals surface area contributed by atoms with Crippen molar-refractivity contribution in [3.8, 4) is 16.9 Å². The van der Waals surface area contributed by atoms with Gasteiger partial charge in [0.05, 0.1) is 11.4 Å². The Kier molecular flexibility index (Phi) is 4.46. The standard InChI is InChI=1S/C24H22Cl2N4/c1-13-5-6-22-21(7-13)23-8-14(2)28-30(23)24(27-22)20-9-15(3)29(16(20)4)19-11-17(25)10-18(26)12-19/h5-12,24,27H,1-4H3. The molecule has 0 fully saturated rings. The number of fused-ring (bicyclic) bond motifs is 3. The van der Waals surface area contributed by atoms with Crippen LogP contribution < -0.4 is 5.32 Å². The third kappa shape index (κ3) is 3.03. The molecule has 152 valence electrons. The smallest absolute Gasteiger partial charge is 0.149 e. The summed E-state index contributed by atoms with van der Waals surface area (Å²) < 4.78 is 4.28. The Hall–Kier alpha value is -2.69. The van der Waals surface area contributed by atoms with Gasteiger partial charge in [0, 0.05) is 43.9 Å².